The number of H-pyrrole nitrogens is 1. The molecule has 0 fully saturated rings. The van der Waals surface area contributed by atoms with E-state index in [-0.39, 0.29) is 0 Å². The van der Waals surface area contributed by atoms with Crippen LogP contribution in [-0.2, 0) is 9.59 Å². The highest BCUT2D eigenvalue weighted by atomic mass is 16.4. The lowest BCUT2D eigenvalue weighted by Crippen LogP contribution is -2.31. The number of carboxylic acid groups (broad SMARTS) is 2. The van der Waals surface area contributed by atoms with Crippen molar-refractivity contribution in [3.8, 4) is 0 Å². The Kier molecular flexibility index (Phi) is 7.62. The average molecular weight is 380 g/mol. The molecule has 0 saturated carbocycles. The van der Waals surface area contributed by atoms with Gasteiger partial charge in [0.05, 0.1) is 5.69 Å². The zero-order chi connectivity index (χ0) is 19.8. The molecule has 150 valence electrons. The molecule has 10 heteroatoms. The SMILES string of the molecule is N[C@@H](CCCCN1CC=Cc2[nH]c(NCCC[C@H](N)C(=O)O)nc21)C(=O)O. The molecule has 0 radical (unpaired) electrons. The second kappa shape index (κ2) is 9.93. The van der Waals surface area contributed by atoms with Gasteiger partial charge in [-0.2, -0.15) is 4.98 Å². The molecule has 1 aromatic heterocycles. The minimum atomic E-state index is -0.992. The van der Waals surface area contributed by atoms with Crippen LogP contribution in [0.15, 0.2) is 6.08 Å². The highest BCUT2D eigenvalue weighted by Crippen LogP contribution is 2.25. The molecule has 2 heterocycles. The Morgan fingerprint density at radius 3 is 2.52 bits per heavy atom. The van der Waals surface area contributed by atoms with Crippen LogP contribution in [0, 0.1) is 0 Å². The van der Waals surface area contributed by atoms with E-state index in [1.165, 1.54) is 0 Å². The highest BCUT2D eigenvalue weighted by molar-refractivity contribution is 5.73. The fraction of sp³-hybridized carbons (Fsp3) is 0.588. The van der Waals surface area contributed by atoms with Crippen molar-refractivity contribution >= 4 is 29.8 Å². The van der Waals surface area contributed by atoms with Crippen molar-refractivity contribution < 1.29 is 19.8 Å². The number of fused-ring (bicyclic) bond motifs is 1. The van der Waals surface area contributed by atoms with E-state index >= 15 is 0 Å². The number of imidazole rings is 1. The predicted molar refractivity (Wildman–Crippen MR) is 103 cm³/mol. The third-order valence-electron chi connectivity index (χ3n) is 4.43. The standard InChI is InChI=1S/C17H28N6O4/c18-11(15(24)25)5-1-2-9-23-10-4-7-13-14(23)22-17(21-13)20-8-3-6-12(19)16(26)27/h4,7,11-12H,1-3,5-6,8-10,18-19H2,(H,24,25)(H,26,27)(H2,20,21,22)/t11-,12-/m0/s1. The van der Waals surface area contributed by atoms with Gasteiger partial charge >= 0.3 is 11.9 Å². The minimum absolute atomic E-state index is 0.396. The highest BCUT2D eigenvalue weighted by Gasteiger charge is 2.18. The first-order chi connectivity index (χ1) is 12.9. The Labute approximate surface area is 157 Å². The third kappa shape index (κ3) is 6.26. The van der Waals surface area contributed by atoms with E-state index in [9.17, 15) is 9.59 Å². The Balaban J connectivity index is 1.79. The Bertz CT molecular complexity index is 674. The van der Waals surface area contributed by atoms with Crippen LogP contribution in [-0.4, -0.2) is 63.8 Å². The molecular formula is C17H28N6O4. The summed E-state index contributed by atoms with van der Waals surface area (Å²) in [5.41, 5.74) is 11.9. The summed E-state index contributed by atoms with van der Waals surface area (Å²) in [5, 5.41) is 20.7. The molecule has 1 aromatic rings. The molecular weight excluding hydrogens is 352 g/mol. The Morgan fingerprint density at radius 1 is 1.19 bits per heavy atom. The van der Waals surface area contributed by atoms with Gasteiger partial charge in [0.2, 0.25) is 5.95 Å². The van der Waals surface area contributed by atoms with Gasteiger partial charge in [-0.05, 0) is 38.2 Å². The number of carboxylic acids is 2. The average Bonchev–Trinajstić information content (AvgIpc) is 3.05. The summed E-state index contributed by atoms with van der Waals surface area (Å²) in [4.78, 5) is 31.3. The molecule has 2 atom stereocenters. The van der Waals surface area contributed by atoms with Gasteiger partial charge in [-0.3, -0.25) is 9.59 Å². The molecule has 0 spiro atoms. The van der Waals surface area contributed by atoms with Crippen LogP contribution in [0.4, 0.5) is 11.8 Å². The van der Waals surface area contributed by atoms with Crippen molar-refractivity contribution in [1.29, 1.82) is 0 Å². The molecule has 0 aliphatic carbocycles. The maximum atomic E-state index is 10.7. The topological polar surface area (TPSA) is 171 Å². The van der Waals surface area contributed by atoms with Crippen molar-refractivity contribution in [3.05, 3.63) is 11.8 Å². The molecule has 2 rings (SSSR count). The van der Waals surface area contributed by atoms with Crippen molar-refractivity contribution in [3.63, 3.8) is 0 Å². The molecule has 8 N–H and O–H groups in total. The van der Waals surface area contributed by atoms with Crippen LogP contribution < -0.4 is 21.7 Å². The largest absolute Gasteiger partial charge is 0.480 e. The van der Waals surface area contributed by atoms with Gasteiger partial charge in [0.25, 0.3) is 0 Å². The van der Waals surface area contributed by atoms with Gasteiger partial charge in [-0.25, -0.2) is 0 Å². The van der Waals surface area contributed by atoms with Crippen LogP contribution in [0.5, 0.6) is 0 Å². The maximum absolute atomic E-state index is 10.7. The third-order valence-corrected chi connectivity index (χ3v) is 4.43. The number of hydrogen-bond acceptors (Lipinski definition) is 7. The number of anilines is 2. The molecule has 0 amide bonds. The van der Waals surface area contributed by atoms with Crippen LogP contribution in [0.25, 0.3) is 6.08 Å². The van der Waals surface area contributed by atoms with Crippen LogP contribution in [0.1, 0.15) is 37.8 Å². The second-order valence-electron chi connectivity index (χ2n) is 6.63. The van der Waals surface area contributed by atoms with Crippen LogP contribution >= 0.6 is 0 Å². The van der Waals surface area contributed by atoms with Gasteiger partial charge in [0, 0.05) is 19.6 Å². The smallest absolute Gasteiger partial charge is 0.320 e. The van der Waals surface area contributed by atoms with Gasteiger partial charge in [0.15, 0.2) is 5.82 Å². The Morgan fingerprint density at radius 2 is 1.85 bits per heavy atom. The number of aromatic nitrogens is 2. The van der Waals surface area contributed by atoms with Gasteiger partial charge in [-0.1, -0.05) is 6.08 Å². The zero-order valence-electron chi connectivity index (χ0n) is 15.2. The molecule has 0 saturated heterocycles. The summed E-state index contributed by atoms with van der Waals surface area (Å²) < 4.78 is 0. The Hall–Kier alpha value is -2.59. The summed E-state index contributed by atoms with van der Waals surface area (Å²) in [6.07, 6.45) is 7.07. The first-order valence-corrected chi connectivity index (χ1v) is 9.10. The zero-order valence-corrected chi connectivity index (χ0v) is 15.2. The number of carbonyl (C=O) groups is 2. The number of aromatic amines is 1. The first kappa shape index (κ1) is 20.7. The normalized spacial score (nSPS) is 15.3. The fourth-order valence-corrected chi connectivity index (χ4v) is 2.84. The molecule has 0 aromatic carbocycles. The van der Waals surface area contributed by atoms with Crippen molar-refractivity contribution in [2.45, 2.75) is 44.2 Å². The van der Waals surface area contributed by atoms with Gasteiger partial charge in [0.1, 0.15) is 12.1 Å². The number of unbranched alkanes of at least 4 members (excludes halogenated alkanes) is 1. The summed E-state index contributed by atoms with van der Waals surface area (Å²) in [6, 6.07) is -1.65. The van der Waals surface area contributed by atoms with E-state index in [1.54, 1.807) is 0 Å². The van der Waals surface area contributed by atoms with Crippen molar-refractivity contribution in [2.75, 3.05) is 29.9 Å². The molecule has 27 heavy (non-hydrogen) atoms. The number of nitrogens with two attached hydrogens (primary N) is 2. The van der Waals surface area contributed by atoms with E-state index in [0.717, 1.165) is 37.4 Å². The van der Waals surface area contributed by atoms with E-state index in [0.29, 0.717) is 31.8 Å². The van der Waals surface area contributed by atoms with Crippen LogP contribution in [0.3, 0.4) is 0 Å². The number of hydrogen-bond donors (Lipinski definition) is 6. The number of nitrogens with zero attached hydrogens (tertiary/aromatic N) is 2. The molecule has 1 aliphatic heterocycles. The molecule has 1 aliphatic rings. The fourth-order valence-electron chi connectivity index (χ4n) is 2.84. The maximum Gasteiger partial charge on any atom is 0.320 e. The molecule has 0 unspecified atom stereocenters. The summed E-state index contributed by atoms with van der Waals surface area (Å²) in [5.74, 6) is -0.475. The van der Waals surface area contributed by atoms with E-state index in [1.807, 2.05) is 12.2 Å². The van der Waals surface area contributed by atoms with Gasteiger partial charge in [-0.15, -0.1) is 0 Å². The lowest BCUT2D eigenvalue weighted by Gasteiger charge is -2.24. The van der Waals surface area contributed by atoms with E-state index < -0.39 is 24.0 Å². The minimum Gasteiger partial charge on any atom is -0.480 e. The van der Waals surface area contributed by atoms with Crippen LogP contribution in [0.2, 0.25) is 0 Å². The van der Waals surface area contributed by atoms with Gasteiger partial charge < -0.3 is 36.9 Å². The second-order valence-corrected chi connectivity index (χ2v) is 6.63. The number of rotatable bonds is 12. The van der Waals surface area contributed by atoms with Crippen molar-refractivity contribution in [1.82, 2.24) is 9.97 Å². The monoisotopic (exact) mass is 380 g/mol. The molecule has 10 nitrogen and oxygen atoms in total. The summed E-state index contributed by atoms with van der Waals surface area (Å²) in [6.45, 7) is 2.08. The number of aliphatic carboxylic acids is 2. The lowest BCUT2D eigenvalue weighted by atomic mass is 10.1. The summed E-state index contributed by atoms with van der Waals surface area (Å²) >= 11 is 0. The van der Waals surface area contributed by atoms with Crippen molar-refractivity contribution in [2.24, 2.45) is 11.5 Å². The van der Waals surface area contributed by atoms with E-state index in [4.69, 9.17) is 21.7 Å². The summed E-state index contributed by atoms with van der Waals surface area (Å²) in [7, 11) is 0. The number of nitrogens with one attached hydrogen (secondary N) is 2. The lowest BCUT2D eigenvalue weighted by molar-refractivity contribution is -0.139. The van der Waals surface area contributed by atoms with E-state index in [2.05, 4.69) is 20.2 Å². The first-order valence-electron chi connectivity index (χ1n) is 9.10. The molecule has 0 bridgehead atoms. The quantitative estimate of drug-likeness (QED) is 0.281. The predicted octanol–water partition coefficient (Wildman–Crippen LogP) is 0.429.